The van der Waals surface area contributed by atoms with Crippen LogP contribution in [0.15, 0.2) is 60.7 Å². The van der Waals surface area contributed by atoms with Gasteiger partial charge in [-0.3, -0.25) is 9.69 Å². The number of hydrogen-bond donors (Lipinski definition) is 1. The lowest BCUT2D eigenvalue weighted by Gasteiger charge is -2.38. The highest BCUT2D eigenvalue weighted by molar-refractivity contribution is 5.78. The number of hydrogen-bond acceptors (Lipinski definition) is 5. The molecule has 1 amide bonds. The molecule has 1 aliphatic carbocycles. The van der Waals surface area contributed by atoms with Crippen molar-refractivity contribution >= 4 is 5.91 Å². The Bertz CT molecular complexity index is 1240. The summed E-state index contributed by atoms with van der Waals surface area (Å²) < 4.78 is 16.6. The van der Waals surface area contributed by atoms with E-state index < -0.39 is 0 Å². The van der Waals surface area contributed by atoms with Gasteiger partial charge in [0, 0.05) is 12.6 Å². The first-order valence-electron chi connectivity index (χ1n) is 13.1. The number of carbonyl (C=O) groups is 1. The maximum absolute atomic E-state index is 13.4. The molecule has 3 aromatic rings. The summed E-state index contributed by atoms with van der Waals surface area (Å²) in [6.45, 7) is 1.16. The second-order valence-electron chi connectivity index (χ2n) is 9.91. The summed E-state index contributed by atoms with van der Waals surface area (Å²) >= 11 is 0. The third-order valence-electron chi connectivity index (χ3n) is 7.75. The molecule has 194 valence electrons. The number of ether oxygens (including phenoxy) is 3. The predicted molar refractivity (Wildman–Crippen MR) is 145 cm³/mol. The Labute approximate surface area is 219 Å². The molecular weight excluding hydrogens is 464 g/mol. The summed E-state index contributed by atoms with van der Waals surface area (Å²) in [4.78, 5) is 15.7. The van der Waals surface area contributed by atoms with Crippen molar-refractivity contribution in [3.05, 3.63) is 88.5 Å². The number of aryl methyl sites for hydroxylation is 1. The first kappa shape index (κ1) is 25.2. The van der Waals surface area contributed by atoms with Gasteiger partial charge in [0.15, 0.2) is 11.5 Å². The Morgan fingerprint density at radius 1 is 0.892 bits per heavy atom. The molecule has 6 nitrogen and oxygen atoms in total. The molecule has 0 fully saturated rings. The van der Waals surface area contributed by atoms with E-state index in [-0.39, 0.29) is 18.0 Å². The minimum absolute atomic E-state index is 0.0429. The van der Waals surface area contributed by atoms with Crippen LogP contribution in [0, 0.1) is 0 Å². The smallest absolute Gasteiger partial charge is 0.234 e. The Morgan fingerprint density at radius 3 is 2.41 bits per heavy atom. The van der Waals surface area contributed by atoms with Gasteiger partial charge in [0.25, 0.3) is 0 Å². The molecule has 1 heterocycles. The molecule has 5 rings (SSSR count). The molecule has 3 aromatic carbocycles. The number of rotatable bonds is 8. The SMILES string of the molecule is COc1ccc(CC2c3cc(OC)c(OC)cc3CCN2CC(=O)NC2CCCc3ccccc32)cc1. The first-order chi connectivity index (χ1) is 18.1. The standard InChI is InChI=1S/C31H36N2O4/c1-35-24-13-11-21(12-14-24)17-28-26-19-30(37-3)29(36-2)18-23(26)15-16-33(28)20-31(34)32-27-10-6-8-22-7-4-5-9-25(22)27/h4-5,7,9,11-14,18-19,27-28H,6,8,10,15-17,20H2,1-3H3,(H,32,34). The molecule has 2 atom stereocenters. The monoisotopic (exact) mass is 500 g/mol. The minimum Gasteiger partial charge on any atom is -0.497 e. The second kappa shape index (κ2) is 11.3. The van der Waals surface area contributed by atoms with Crippen LogP contribution in [0.1, 0.15) is 52.7 Å². The number of carbonyl (C=O) groups excluding carboxylic acids is 1. The van der Waals surface area contributed by atoms with E-state index in [1.807, 2.05) is 12.1 Å². The van der Waals surface area contributed by atoms with Crippen molar-refractivity contribution in [3.8, 4) is 17.2 Å². The van der Waals surface area contributed by atoms with Gasteiger partial charge in [-0.1, -0.05) is 36.4 Å². The summed E-state index contributed by atoms with van der Waals surface area (Å²) in [6.07, 6.45) is 4.81. The Hall–Kier alpha value is -3.51. The van der Waals surface area contributed by atoms with Crippen LogP contribution in [0.2, 0.25) is 0 Å². The summed E-state index contributed by atoms with van der Waals surface area (Å²) in [5.74, 6) is 2.37. The third-order valence-corrected chi connectivity index (χ3v) is 7.75. The van der Waals surface area contributed by atoms with Crippen molar-refractivity contribution in [3.63, 3.8) is 0 Å². The Balaban J connectivity index is 1.40. The van der Waals surface area contributed by atoms with E-state index in [2.05, 4.69) is 58.7 Å². The number of methoxy groups -OCH3 is 3. The zero-order valence-electron chi connectivity index (χ0n) is 22.0. The van der Waals surface area contributed by atoms with Crippen LogP contribution in [-0.4, -0.2) is 45.2 Å². The number of benzene rings is 3. The largest absolute Gasteiger partial charge is 0.497 e. The molecule has 2 aliphatic rings. The highest BCUT2D eigenvalue weighted by Gasteiger charge is 2.31. The van der Waals surface area contributed by atoms with Gasteiger partial charge in [-0.2, -0.15) is 0 Å². The van der Waals surface area contributed by atoms with Gasteiger partial charge in [0.1, 0.15) is 5.75 Å². The van der Waals surface area contributed by atoms with Gasteiger partial charge in [-0.25, -0.2) is 0 Å². The lowest BCUT2D eigenvalue weighted by molar-refractivity contribution is -0.123. The van der Waals surface area contributed by atoms with E-state index >= 15 is 0 Å². The minimum atomic E-state index is 0.0429. The molecule has 0 aromatic heterocycles. The van der Waals surface area contributed by atoms with Crippen LogP contribution < -0.4 is 19.5 Å². The summed E-state index contributed by atoms with van der Waals surface area (Å²) in [5.41, 5.74) is 6.24. The molecule has 6 heteroatoms. The molecule has 1 aliphatic heterocycles. The van der Waals surface area contributed by atoms with Gasteiger partial charge in [-0.05, 0) is 84.2 Å². The van der Waals surface area contributed by atoms with E-state index in [0.29, 0.717) is 12.3 Å². The van der Waals surface area contributed by atoms with E-state index in [4.69, 9.17) is 14.2 Å². The zero-order chi connectivity index (χ0) is 25.8. The molecule has 1 N–H and O–H groups in total. The van der Waals surface area contributed by atoms with Crippen molar-refractivity contribution in [2.24, 2.45) is 0 Å². The summed E-state index contributed by atoms with van der Waals surface area (Å²) in [6, 6.07) is 21.0. The molecule has 0 saturated heterocycles. The quantitative estimate of drug-likeness (QED) is 0.469. The third kappa shape index (κ3) is 5.44. The van der Waals surface area contributed by atoms with Crippen molar-refractivity contribution in [1.29, 1.82) is 0 Å². The number of nitrogens with one attached hydrogen (secondary N) is 1. The number of nitrogens with zero attached hydrogens (tertiary/aromatic N) is 1. The predicted octanol–water partition coefficient (Wildman–Crippen LogP) is 5.05. The van der Waals surface area contributed by atoms with Crippen molar-refractivity contribution < 1.29 is 19.0 Å². The van der Waals surface area contributed by atoms with Gasteiger partial charge in [0.05, 0.1) is 33.9 Å². The van der Waals surface area contributed by atoms with Crippen molar-refractivity contribution in [2.75, 3.05) is 34.4 Å². The maximum atomic E-state index is 13.4. The van der Waals surface area contributed by atoms with E-state index in [1.54, 1.807) is 21.3 Å². The topological polar surface area (TPSA) is 60.0 Å². The van der Waals surface area contributed by atoms with Crippen LogP contribution in [0.4, 0.5) is 0 Å². The Kier molecular flexibility index (Phi) is 7.65. The second-order valence-corrected chi connectivity index (χ2v) is 9.91. The fraction of sp³-hybridized carbons (Fsp3) is 0.387. The molecule has 0 bridgehead atoms. The Morgan fingerprint density at radius 2 is 1.65 bits per heavy atom. The van der Waals surface area contributed by atoms with Crippen molar-refractivity contribution in [1.82, 2.24) is 10.2 Å². The number of amides is 1. The first-order valence-corrected chi connectivity index (χ1v) is 13.1. The van der Waals surface area contributed by atoms with Crippen molar-refractivity contribution in [2.45, 2.75) is 44.2 Å². The fourth-order valence-electron chi connectivity index (χ4n) is 5.82. The normalized spacial score (nSPS) is 18.9. The fourth-order valence-corrected chi connectivity index (χ4v) is 5.82. The van der Waals surface area contributed by atoms with E-state index in [0.717, 1.165) is 50.1 Å². The van der Waals surface area contributed by atoms with Gasteiger partial charge < -0.3 is 19.5 Å². The highest BCUT2D eigenvalue weighted by atomic mass is 16.5. The lowest BCUT2D eigenvalue weighted by atomic mass is 9.87. The molecular formula is C31H36N2O4. The zero-order valence-corrected chi connectivity index (χ0v) is 22.0. The van der Waals surface area contributed by atoms with Crippen LogP contribution >= 0.6 is 0 Å². The average Bonchev–Trinajstić information content (AvgIpc) is 2.94. The maximum Gasteiger partial charge on any atom is 0.234 e. The van der Waals surface area contributed by atoms with E-state index in [1.165, 1.54) is 27.8 Å². The van der Waals surface area contributed by atoms with E-state index in [9.17, 15) is 4.79 Å². The van der Waals surface area contributed by atoms with Gasteiger partial charge >= 0.3 is 0 Å². The molecule has 37 heavy (non-hydrogen) atoms. The van der Waals surface area contributed by atoms with Crippen LogP contribution in [-0.2, 0) is 24.1 Å². The van der Waals surface area contributed by atoms with Gasteiger partial charge in [0.2, 0.25) is 5.91 Å². The molecule has 2 unspecified atom stereocenters. The molecule has 0 saturated carbocycles. The number of fused-ring (bicyclic) bond motifs is 2. The lowest BCUT2D eigenvalue weighted by Crippen LogP contribution is -2.44. The molecule has 0 radical (unpaired) electrons. The van der Waals surface area contributed by atoms with Gasteiger partial charge in [-0.15, -0.1) is 0 Å². The van der Waals surface area contributed by atoms with Crippen LogP contribution in [0.25, 0.3) is 0 Å². The van der Waals surface area contributed by atoms with Crippen LogP contribution in [0.3, 0.4) is 0 Å². The summed E-state index contributed by atoms with van der Waals surface area (Å²) in [7, 11) is 5.01. The summed E-state index contributed by atoms with van der Waals surface area (Å²) in [5, 5.41) is 3.34. The van der Waals surface area contributed by atoms with Crippen LogP contribution in [0.5, 0.6) is 17.2 Å². The molecule has 0 spiro atoms. The average molecular weight is 501 g/mol. The highest BCUT2D eigenvalue weighted by Crippen LogP contribution is 2.39.